The van der Waals surface area contributed by atoms with Crippen molar-refractivity contribution in [3.05, 3.63) is 65.2 Å². The number of sulfonamides is 1. The molecule has 1 saturated heterocycles. The zero-order chi connectivity index (χ0) is 20.4. The van der Waals surface area contributed by atoms with Gasteiger partial charge in [0.15, 0.2) is 0 Å². The normalized spacial score (nSPS) is 20.1. The first-order chi connectivity index (χ1) is 14.0. The largest absolute Gasteiger partial charge is 0.379 e. The van der Waals surface area contributed by atoms with Gasteiger partial charge in [-0.25, -0.2) is 8.42 Å². The molecular weight excluding hydrogens is 388 g/mol. The van der Waals surface area contributed by atoms with Gasteiger partial charge in [-0.3, -0.25) is 4.79 Å². The Morgan fingerprint density at radius 3 is 2.66 bits per heavy atom. The van der Waals surface area contributed by atoms with Crippen molar-refractivity contribution in [2.24, 2.45) is 0 Å². The van der Waals surface area contributed by atoms with Crippen molar-refractivity contribution in [1.29, 1.82) is 0 Å². The number of fused-ring (bicyclic) bond motifs is 1. The molecule has 1 aliphatic carbocycles. The number of hydrogen-bond acceptors (Lipinski definition) is 4. The highest BCUT2D eigenvalue weighted by Crippen LogP contribution is 2.34. The Balaban J connectivity index is 1.59. The summed E-state index contributed by atoms with van der Waals surface area (Å²) in [7, 11) is -1.83. The highest BCUT2D eigenvalue weighted by atomic mass is 32.2. The summed E-state index contributed by atoms with van der Waals surface area (Å²) >= 11 is 0. The van der Waals surface area contributed by atoms with E-state index in [4.69, 9.17) is 4.74 Å². The number of ether oxygens (including phenoxy) is 1. The van der Waals surface area contributed by atoms with E-state index in [1.165, 1.54) is 21.5 Å². The average molecular weight is 415 g/mol. The van der Waals surface area contributed by atoms with Crippen molar-refractivity contribution in [3.8, 4) is 0 Å². The Bertz CT molecular complexity index is 999. The molecule has 2 aromatic rings. The van der Waals surface area contributed by atoms with Crippen LogP contribution in [0.2, 0.25) is 0 Å². The molecule has 0 radical (unpaired) electrons. The number of nitrogens with zero attached hydrogens (tertiary/aromatic N) is 2. The fraction of sp³-hybridized carbons (Fsp3) is 0.409. The maximum atomic E-state index is 13.2. The minimum absolute atomic E-state index is 0.00644. The fourth-order valence-electron chi connectivity index (χ4n) is 4.20. The second-order valence-corrected chi connectivity index (χ2v) is 9.51. The summed E-state index contributed by atoms with van der Waals surface area (Å²) in [5.74, 6) is -0.161. The van der Waals surface area contributed by atoms with E-state index in [1.807, 2.05) is 12.1 Å². The van der Waals surface area contributed by atoms with Gasteiger partial charge in [0.2, 0.25) is 10.0 Å². The Labute approximate surface area is 172 Å². The van der Waals surface area contributed by atoms with E-state index in [-0.39, 0.29) is 16.8 Å². The second kappa shape index (κ2) is 8.26. The number of carbonyl (C=O) groups is 1. The lowest BCUT2D eigenvalue weighted by Crippen LogP contribution is -2.40. The van der Waals surface area contributed by atoms with Crippen LogP contribution in [0.1, 0.15) is 40.4 Å². The van der Waals surface area contributed by atoms with E-state index in [0.717, 1.165) is 19.3 Å². The van der Waals surface area contributed by atoms with E-state index in [9.17, 15) is 13.2 Å². The van der Waals surface area contributed by atoms with Gasteiger partial charge >= 0.3 is 0 Å². The van der Waals surface area contributed by atoms with E-state index in [2.05, 4.69) is 12.1 Å². The number of aryl methyl sites for hydroxylation is 1. The molecule has 1 aliphatic heterocycles. The maximum absolute atomic E-state index is 13.2. The molecule has 0 saturated carbocycles. The highest BCUT2D eigenvalue weighted by molar-refractivity contribution is 7.89. The molecule has 0 unspecified atom stereocenters. The van der Waals surface area contributed by atoms with Crippen LogP contribution in [0.15, 0.2) is 53.4 Å². The molecule has 29 heavy (non-hydrogen) atoms. The van der Waals surface area contributed by atoms with Crippen LogP contribution in [0.3, 0.4) is 0 Å². The third-order valence-electron chi connectivity index (χ3n) is 5.81. The first kappa shape index (κ1) is 20.1. The lowest BCUT2D eigenvalue weighted by atomic mass is 9.87. The van der Waals surface area contributed by atoms with E-state index in [0.29, 0.717) is 31.9 Å². The van der Waals surface area contributed by atoms with Crippen LogP contribution < -0.4 is 0 Å². The number of carbonyl (C=O) groups excluding carboxylic acids is 1. The Morgan fingerprint density at radius 2 is 1.86 bits per heavy atom. The predicted molar refractivity (Wildman–Crippen MR) is 110 cm³/mol. The third kappa shape index (κ3) is 3.95. The summed E-state index contributed by atoms with van der Waals surface area (Å²) in [4.78, 5) is 15.1. The van der Waals surface area contributed by atoms with Gasteiger partial charge in [-0.05, 0) is 48.6 Å². The molecular formula is C22H26N2O4S. The second-order valence-electron chi connectivity index (χ2n) is 7.57. The van der Waals surface area contributed by atoms with Crippen molar-refractivity contribution in [2.45, 2.75) is 30.2 Å². The van der Waals surface area contributed by atoms with Crippen LogP contribution in [-0.4, -0.2) is 56.9 Å². The summed E-state index contributed by atoms with van der Waals surface area (Å²) in [6.07, 6.45) is 2.97. The molecule has 0 N–H and O–H groups in total. The lowest BCUT2D eigenvalue weighted by molar-refractivity contribution is 0.0713. The quantitative estimate of drug-likeness (QED) is 0.772. The van der Waals surface area contributed by atoms with Crippen molar-refractivity contribution in [2.75, 3.05) is 33.4 Å². The predicted octanol–water partition coefficient (Wildman–Crippen LogP) is 2.86. The lowest BCUT2D eigenvalue weighted by Gasteiger charge is -2.33. The highest BCUT2D eigenvalue weighted by Gasteiger charge is 2.29. The molecule has 154 valence electrons. The molecule has 1 amide bonds. The van der Waals surface area contributed by atoms with E-state index >= 15 is 0 Å². The van der Waals surface area contributed by atoms with Gasteiger partial charge in [-0.1, -0.05) is 30.3 Å². The average Bonchev–Trinajstić information content (AvgIpc) is 2.78. The first-order valence-electron chi connectivity index (χ1n) is 10.0. The number of hydrogen-bond donors (Lipinski definition) is 0. The van der Waals surface area contributed by atoms with E-state index in [1.54, 1.807) is 30.1 Å². The molecule has 1 atom stereocenters. The Hall–Kier alpha value is -2.22. The van der Waals surface area contributed by atoms with Gasteiger partial charge in [-0.15, -0.1) is 0 Å². The van der Waals surface area contributed by atoms with Crippen molar-refractivity contribution < 1.29 is 17.9 Å². The maximum Gasteiger partial charge on any atom is 0.254 e. The molecule has 2 aliphatic rings. The molecule has 7 heteroatoms. The van der Waals surface area contributed by atoms with Gasteiger partial charge in [0, 0.05) is 25.7 Å². The number of morpholine rings is 1. The Morgan fingerprint density at radius 1 is 1.10 bits per heavy atom. The summed E-state index contributed by atoms with van der Waals surface area (Å²) in [5, 5.41) is 0. The summed E-state index contributed by atoms with van der Waals surface area (Å²) in [5.41, 5.74) is 2.86. The zero-order valence-corrected chi connectivity index (χ0v) is 17.4. The van der Waals surface area contributed by atoms with Crippen LogP contribution >= 0.6 is 0 Å². The van der Waals surface area contributed by atoms with Crippen LogP contribution in [0.5, 0.6) is 0 Å². The minimum Gasteiger partial charge on any atom is -0.379 e. The molecule has 0 aromatic heterocycles. The molecule has 6 nitrogen and oxygen atoms in total. The number of amides is 1. The number of benzene rings is 2. The van der Waals surface area contributed by atoms with Crippen molar-refractivity contribution in [1.82, 2.24) is 9.21 Å². The van der Waals surface area contributed by atoms with Crippen LogP contribution in [0.25, 0.3) is 0 Å². The van der Waals surface area contributed by atoms with Gasteiger partial charge in [0.05, 0.1) is 24.2 Å². The fourth-order valence-corrected chi connectivity index (χ4v) is 5.66. The molecule has 0 bridgehead atoms. The van der Waals surface area contributed by atoms with Gasteiger partial charge in [0.1, 0.15) is 0 Å². The molecule has 2 aromatic carbocycles. The van der Waals surface area contributed by atoms with Gasteiger partial charge in [-0.2, -0.15) is 4.31 Å². The van der Waals surface area contributed by atoms with Crippen molar-refractivity contribution >= 4 is 15.9 Å². The van der Waals surface area contributed by atoms with Gasteiger partial charge < -0.3 is 9.64 Å². The summed E-state index contributed by atoms with van der Waals surface area (Å²) in [6.45, 7) is 1.45. The van der Waals surface area contributed by atoms with Gasteiger partial charge in [0.25, 0.3) is 5.91 Å². The third-order valence-corrected chi connectivity index (χ3v) is 7.71. The molecule has 0 spiro atoms. The van der Waals surface area contributed by atoms with Crippen LogP contribution in [-0.2, 0) is 21.2 Å². The smallest absolute Gasteiger partial charge is 0.254 e. The molecule has 1 heterocycles. The summed E-state index contributed by atoms with van der Waals surface area (Å²) in [6, 6.07) is 14.6. The monoisotopic (exact) mass is 414 g/mol. The summed E-state index contributed by atoms with van der Waals surface area (Å²) < 4.78 is 32.6. The van der Waals surface area contributed by atoms with Crippen molar-refractivity contribution in [3.63, 3.8) is 0 Å². The van der Waals surface area contributed by atoms with Crippen LogP contribution in [0.4, 0.5) is 0 Å². The van der Waals surface area contributed by atoms with E-state index < -0.39 is 10.0 Å². The minimum atomic E-state index is -3.63. The molecule has 1 fully saturated rings. The standard InChI is InChI=1S/C22H26N2O4S/c1-23(21-11-5-7-17-6-2-3-10-20(17)21)22(25)18-8-4-9-19(16-18)29(26,27)24-12-14-28-15-13-24/h2-4,6,8-10,16,21H,5,7,11-15H2,1H3/t21-/m0/s1. The van der Waals surface area contributed by atoms with Crippen LogP contribution in [0, 0.1) is 0 Å². The molecule has 4 rings (SSSR count). The Kier molecular flexibility index (Phi) is 5.72. The number of rotatable bonds is 4. The first-order valence-corrected chi connectivity index (χ1v) is 11.5. The SMILES string of the molecule is CN(C(=O)c1cccc(S(=O)(=O)N2CCOCC2)c1)[C@H]1CCCc2ccccc21. The zero-order valence-electron chi connectivity index (χ0n) is 16.6. The topological polar surface area (TPSA) is 66.9 Å².